The lowest BCUT2D eigenvalue weighted by molar-refractivity contribution is 0.607. The van der Waals surface area contributed by atoms with Crippen LogP contribution in [0, 0.1) is 18.6 Å². The predicted octanol–water partition coefficient (Wildman–Crippen LogP) is 4.24. The zero-order valence-corrected chi connectivity index (χ0v) is 9.96. The minimum atomic E-state index is -0.571. The summed E-state index contributed by atoms with van der Waals surface area (Å²) in [6.45, 7) is 1.48. The lowest BCUT2D eigenvalue weighted by Gasteiger charge is -2.06. The third-order valence-electron chi connectivity index (χ3n) is 2.11. The average molecular weight is 293 g/mol. The molecule has 0 aliphatic rings. The highest BCUT2D eigenvalue weighted by Gasteiger charge is 2.15. The van der Waals surface area contributed by atoms with Gasteiger partial charge in [-0.3, -0.25) is 4.98 Å². The van der Waals surface area contributed by atoms with Crippen LogP contribution in [0.3, 0.4) is 0 Å². The van der Waals surface area contributed by atoms with Gasteiger partial charge in [-0.25, -0.2) is 8.78 Å². The first-order valence-electron chi connectivity index (χ1n) is 4.10. The van der Waals surface area contributed by atoms with Crippen molar-refractivity contribution in [2.24, 2.45) is 0 Å². The Morgan fingerprint density at radius 1 is 1.40 bits per heavy atom. The van der Waals surface area contributed by atoms with E-state index in [2.05, 4.69) is 20.9 Å². The molecule has 0 fully saturated rings. The standard InChI is InChI=1S/C10H5BrClF2N/c1-4-2-6(13)10-7(9(4)14)8(12)5(11)3-15-10/h2-3H,1H3. The van der Waals surface area contributed by atoms with E-state index in [1.807, 2.05) is 0 Å². The van der Waals surface area contributed by atoms with Gasteiger partial charge in [0.05, 0.1) is 14.9 Å². The number of hydrogen-bond donors (Lipinski definition) is 0. The van der Waals surface area contributed by atoms with E-state index in [0.717, 1.165) is 6.07 Å². The van der Waals surface area contributed by atoms with Crippen LogP contribution >= 0.6 is 27.5 Å². The van der Waals surface area contributed by atoms with Gasteiger partial charge in [-0.2, -0.15) is 0 Å². The molecule has 2 rings (SSSR count). The quantitative estimate of drug-likeness (QED) is 0.708. The third-order valence-corrected chi connectivity index (χ3v) is 3.33. The first-order valence-corrected chi connectivity index (χ1v) is 5.27. The summed E-state index contributed by atoms with van der Waals surface area (Å²) in [6, 6.07) is 1.11. The molecule has 0 amide bonds. The zero-order chi connectivity index (χ0) is 11.2. The SMILES string of the molecule is Cc1cc(F)c2ncc(Br)c(Cl)c2c1F. The van der Waals surface area contributed by atoms with Gasteiger partial charge in [-0.05, 0) is 34.5 Å². The van der Waals surface area contributed by atoms with Gasteiger partial charge in [0.25, 0.3) is 0 Å². The van der Waals surface area contributed by atoms with Crippen LogP contribution in [0.1, 0.15) is 5.56 Å². The third kappa shape index (κ3) is 1.62. The van der Waals surface area contributed by atoms with Crippen molar-refractivity contribution < 1.29 is 8.78 Å². The fourth-order valence-electron chi connectivity index (χ4n) is 1.37. The van der Waals surface area contributed by atoms with Gasteiger partial charge in [-0.1, -0.05) is 11.6 Å². The van der Waals surface area contributed by atoms with E-state index in [1.165, 1.54) is 13.1 Å². The summed E-state index contributed by atoms with van der Waals surface area (Å²) >= 11 is 9.00. The zero-order valence-electron chi connectivity index (χ0n) is 7.61. The van der Waals surface area contributed by atoms with Gasteiger partial charge in [0, 0.05) is 6.20 Å². The topological polar surface area (TPSA) is 12.9 Å². The first-order chi connectivity index (χ1) is 7.02. The number of nitrogens with zero attached hydrogens (tertiary/aromatic N) is 1. The normalized spacial score (nSPS) is 11.0. The highest BCUT2D eigenvalue weighted by Crippen LogP contribution is 2.33. The molecule has 1 aromatic heterocycles. The molecule has 1 aromatic carbocycles. The summed E-state index contributed by atoms with van der Waals surface area (Å²) in [6.07, 6.45) is 1.35. The van der Waals surface area contributed by atoms with Crippen LogP contribution < -0.4 is 0 Å². The fraction of sp³-hybridized carbons (Fsp3) is 0.100. The smallest absolute Gasteiger partial charge is 0.149 e. The number of pyridine rings is 1. The first kappa shape index (κ1) is 10.8. The van der Waals surface area contributed by atoms with E-state index in [9.17, 15) is 8.78 Å². The Kier molecular flexibility index (Phi) is 2.64. The molecule has 0 atom stereocenters. The number of aryl methyl sites for hydroxylation is 1. The molecule has 1 heterocycles. The van der Waals surface area contributed by atoms with Crippen LogP contribution in [0.2, 0.25) is 5.02 Å². The molecule has 0 bridgehead atoms. The predicted molar refractivity (Wildman–Crippen MR) is 59.1 cm³/mol. The van der Waals surface area contributed by atoms with Gasteiger partial charge < -0.3 is 0 Å². The fourth-order valence-corrected chi connectivity index (χ4v) is 1.89. The number of aromatic nitrogens is 1. The van der Waals surface area contributed by atoms with Crippen LogP contribution in [-0.4, -0.2) is 4.98 Å². The number of halogens is 4. The summed E-state index contributed by atoms with van der Waals surface area (Å²) in [5, 5.41) is 0.156. The van der Waals surface area contributed by atoms with Crippen LogP contribution in [0.25, 0.3) is 10.9 Å². The second-order valence-corrected chi connectivity index (χ2v) is 4.37. The van der Waals surface area contributed by atoms with Gasteiger partial charge in [-0.15, -0.1) is 0 Å². The highest BCUT2D eigenvalue weighted by molar-refractivity contribution is 9.10. The van der Waals surface area contributed by atoms with Gasteiger partial charge in [0.15, 0.2) is 0 Å². The van der Waals surface area contributed by atoms with Gasteiger partial charge in [0.1, 0.15) is 17.2 Å². The van der Waals surface area contributed by atoms with Crippen molar-refractivity contribution in [1.82, 2.24) is 4.98 Å². The molecule has 0 aliphatic heterocycles. The number of benzene rings is 1. The lowest BCUT2D eigenvalue weighted by atomic mass is 10.1. The number of rotatable bonds is 0. The van der Waals surface area contributed by atoms with Crippen molar-refractivity contribution in [3.8, 4) is 0 Å². The van der Waals surface area contributed by atoms with Gasteiger partial charge in [0.2, 0.25) is 0 Å². The summed E-state index contributed by atoms with van der Waals surface area (Å²) < 4.78 is 27.6. The van der Waals surface area contributed by atoms with Crippen molar-refractivity contribution in [3.63, 3.8) is 0 Å². The average Bonchev–Trinajstić information content (AvgIpc) is 2.19. The minimum absolute atomic E-state index is 0.0172. The van der Waals surface area contributed by atoms with E-state index in [4.69, 9.17) is 11.6 Å². The van der Waals surface area contributed by atoms with Crippen LogP contribution in [0.4, 0.5) is 8.78 Å². The Morgan fingerprint density at radius 3 is 2.73 bits per heavy atom. The highest BCUT2D eigenvalue weighted by atomic mass is 79.9. The minimum Gasteiger partial charge on any atom is -0.252 e. The van der Waals surface area contributed by atoms with E-state index >= 15 is 0 Å². The molecule has 0 saturated heterocycles. The van der Waals surface area contributed by atoms with Crippen molar-refractivity contribution >= 4 is 38.4 Å². The van der Waals surface area contributed by atoms with E-state index in [-0.39, 0.29) is 21.5 Å². The Hall–Kier alpha value is -0.740. The van der Waals surface area contributed by atoms with Crippen LogP contribution in [0.5, 0.6) is 0 Å². The monoisotopic (exact) mass is 291 g/mol. The molecular weight excluding hydrogens is 287 g/mol. The Bertz CT molecular complexity index is 549. The van der Waals surface area contributed by atoms with Crippen molar-refractivity contribution in [2.45, 2.75) is 6.92 Å². The Balaban J connectivity index is 3.04. The Labute approximate surface area is 98.2 Å². The second-order valence-electron chi connectivity index (χ2n) is 3.13. The van der Waals surface area contributed by atoms with E-state index < -0.39 is 11.6 Å². The largest absolute Gasteiger partial charge is 0.252 e. The summed E-state index contributed by atoms with van der Waals surface area (Å²) in [7, 11) is 0. The van der Waals surface area contributed by atoms with Crippen molar-refractivity contribution in [3.05, 3.63) is 39.0 Å². The molecule has 0 spiro atoms. The second kappa shape index (κ2) is 3.68. The molecular formula is C10H5BrClF2N. The number of fused-ring (bicyclic) bond motifs is 1. The van der Waals surface area contributed by atoms with Crippen molar-refractivity contribution in [1.29, 1.82) is 0 Å². The molecule has 0 aliphatic carbocycles. The molecule has 0 N–H and O–H groups in total. The summed E-state index contributed by atoms with van der Waals surface area (Å²) in [5.41, 5.74) is 0.160. The molecule has 0 saturated carbocycles. The molecule has 2 aromatic rings. The molecule has 15 heavy (non-hydrogen) atoms. The molecule has 5 heteroatoms. The van der Waals surface area contributed by atoms with E-state index in [0.29, 0.717) is 4.47 Å². The van der Waals surface area contributed by atoms with Crippen molar-refractivity contribution in [2.75, 3.05) is 0 Å². The molecule has 0 radical (unpaired) electrons. The molecule has 1 nitrogen and oxygen atoms in total. The summed E-state index contributed by atoms with van der Waals surface area (Å²) in [4.78, 5) is 3.80. The Morgan fingerprint density at radius 2 is 2.07 bits per heavy atom. The maximum Gasteiger partial charge on any atom is 0.149 e. The maximum absolute atomic E-state index is 13.7. The molecule has 0 unspecified atom stereocenters. The summed E-state index contributed by atoms with van der Waals surface area (Å²) in [5.74, 6) is -1.11. The number of hydrogen-bond acceptors (Lipinski definition) is 1. The van der Waals surface area contributed by atoms with Gasteiger partial charge >= 0.3 is 0 Å². The lowest BCUT2D eigenvalue weighted by Crippen LogP contribution is -1.93. The van der Waals surface area contributed by atoms with Crippen LogP contribution in [-0.2, 0) is 0 Å². The maximum atomic E-state index is 13.7. The van der Waals surface area contributed by atoms with Crippen LogP contribution in [0.15, 0.2) is 16.7 Å². The molecule has 78 valence electrons. The van der Waals surface area contributed by atoms with E-state index in [1.54, 1.807) is 0 Å².